The fourth-order valence-corrected chi connectivity index (χ4v) is 0.871. The first-order valence-electron chi connectivity index (χ1n) is 4.24. The molecule has 0 heterocycles. The SMILES string of the molecule is CN(CC(=O)N(C)C)CC(O)CN. The first-order chi connectivity index (χ1) is 5.97. The Bertz CT molecular complexity index is 161. The molecule has 0 spiro atoms. The molecule has 78 valence electrons. The van der Waals surface area contributed by atoms with E-state index in [1.54, 1.807) is 26.0 Å². The van der Waals surface area contributed by atoms with Crippen LogP contribution in [0.1, 0.15) is 0 Å². The molecule has 1 unspecified atom stereocenters. The van der Waals surface area contributed by atoms with E-state index >= 15 is 0 Å². The number of nitrogens with zero attached hydrogens (tertiary/aromatic N) is 2. The molecule has 0 saturated carbocycles. The quantitative estimate of drug-likeness (QED) is 0.542. The minimum Gasteiger partial charge on any atom is -0.390 e. The first-order valence-corrected chi connectivity index (χ1v) is 4.24. The van der Waals surface area contributed by atoms with Gasteiger partial charge in [0.1, 0.15) is 0 Å². The van der Waals surface area contributed by atoms with Crippen LogP contribution in [-0.2, 0) is 4.79 Å². The van der Waals surface area contributed by atoms with Crippen LogP contribution in [0, 0.1) is 0 Å². The van der Waals surface area contributed by atoms with E-state index < -0.39 is 6.10 Å². The summed E-state index contributed by atoms with van der Waals surface area (Å²) in [4.78, 5) is 14.5. The largest absolute Gasteiger partial charge is 0.390 e. The second-order valence-corrected chi connectivity index (χ2v) is 3.37. The van der Waals surface area contributed by atoms with E-state index in [0.717, 1.165) is 0 Å². The van der Waals surface area contributed by atoms with Gasteiger partial charge in [-0.2, -0.15) is 0 Å². The van der Waals surface area contributed by atoms with Gasteiger partial charge in [-0.25, -0.2) is 0 Å². The Hall–Kier alpha value is -0.650. The fraction of sp³-hybridized carbons (Fsp3) is 0.875. The van der Waals surface area contributed by atoms with Crippen LogP contribution in [0.3, 0.4) is 0 Å². The molecule has 0 radical (unpaired) electrons. The molecule has 0 aromatic carbocycles. The highest BCUT2D eigenvalue weighted by Gasteiger charge is 2.11. The topological polar surface area (TPSA) is 69.8 Å². The summed E-state index contributed by atoms with van der Waals surface area (Å²) in [6, 6.07) is 0. The molecule has 0 aromatic rings. The number of rotatable bonds is 5. The molecule has 0 aliphatic heterocycles. The maximum atomic E-state index is 11.2. The average molecular weight is 189 g/mol. The molecule has 0 fully saturated rings. The Morgan fingerprint density at radius 1 is 1.46 bits per heavy atom. The Labute approximate surface area is 79.1 Å². The molecule has 5 nitrogen and oxygen atoms in total. The van der Waals surface area contributed by atoms with Crippen molar-refractivity contribution in [1.82, 2.24) is 9.80 Å². The van der Waals surface area contributed by atoms with Gasteiger partial charge in [-0.15, -0.1) is 0 Å². The number of aliphatic hydroxyl groups is 1. The average Bonchev–Trinajstić information content (AvgIpc) is 2.03. The van der Waals surface area contributed by atoms with Gasteiger partial charge in [0.2, 0.25) is 5.91 Å². The minimum absolute atomic E-state index is 0.0201. The van der Waals surface area contributed by atoms with Gasteiger partial charge in [-0.3, -0.25) is 9.69 Å². The third kappa shape index (κ3) is 5.57. The van der Waals surface area contributed by atoms with Gasteiger partial charge < -0.3 is 15.7 Å². The van der Waals surface area contributed by atoms with E-state index in [1.165, 1.54) is 4.90 Å². The molecule has 0 aliphatic carbocycles. The zero-order valence-corrected chi connectivity index (χ0v) is 8.53. The Morgan fingerprint density at radius 2 is 2.00 bits per heavy atom. The lowest BCUT2D eigenvalue weighted by Crippen LogP contribution is -2.40. The fourth-order valence-electron chi connectivity index (χ4n) is 0.871. The summed E-state index contributed by atoms with van der Waals surface area (Å²) in [5, 5.41) is 9.19. The van der Waals surface area contributed by atoms with Crippen molar-refractivity contribution >= 4 is 5.91 Å². The number of hydrogen-bond donors (Lipinski definition) is 2. The summed E-state index contributed by atoms with van der Waals surface area (Å²) in [6.45, 7) is 0.959. The van der Waals surface area contributed by atoms with Crippen LogP contribution in [0.5, 0.6) is 0 Å². The molecule has 1 atom stereocenters. The van der Waals surface area contributed by atoms with E-state index in [2.05, 4.69) is 0 Å². The number of nitrogens with two attached hydrogens (primary N) is 1. The number of hydrogen-bond acceptors (Lipinski definition) is 4. The van der Waals surface area contributed by atoms with Gasteiger partial charge in [-0.1, -0.05) is 0 Å². The van der Waals surface area contributed by atoms with Crippen LogP contribution >= 0.6 is 0 Å². The van der Waals surface area contributed by atoms with Crippen LogP contribution in [0.4, 0.5) is 0 Å². The first kappa shape index (κ1) is 12.3. The standard InChI is InChI=1S/C8H19N3O2/c1-10(2)8(13)6-11(3)5-7(12)4-9/h7,12H,4-6,9H2,1-3H3. The zero-order valence-electron chi connectivity index (χ0n) is 8.53. The van der Waals surface area contributed by atoms with Crippen LogP contribution in [0.2, 0.25) is 0 Å². The van der Waals surface area contributed by atoms with E-state index in [0.29, 0.717) is 13.1 Å². The summed E-state index contributed by atoms with van der Waals surface area (Å²) < 4.78 is 0. The van der Waals surface area contributed by atoms with Crippen LogP contribution in [0.15, 0.2) is 0 Å². The third-order valence-electron chi connectivity index (χ3n) is 1.70. The Kier molecular flexibility index (Phi) is 5.61. The number of likely N-dealkylation sites (N-methyl/N-ethyl adjacent to an activating group) is 2. The third-order valence-corrected chi connectivity index (χ3v) is 1.70. The van der Waals surface area contributed by atoms with Gasteiger partial charge in [0.25, 0.3) is 0 Å². The molecule has 0 bridgehead atoms. The van der Waals surface area contributed by atoms with Crippen LogP contribution in [-0.4, -0.2) is 67.7 Å². The highest BCUT2D eigenvalue weighted by molar-refractivity contribution is 5.77. The van der Waals surface area contributed by atoms with E-state index in [1.807, 2.05) is 0 Å². The van der Waals surface area contributed by atoms with E-state index in [-0.39, 0.29) is 12.5 Å². The molecule has 0 aromatic heterocycles. The maximum absolute atomic E-state index is 11.2. The normalized spacial score (nSPS) is 13.1. The summed E-state index contributed by atoms with van der Waals surface area (Å²) in [5.41, 5.74) is 5.24. The number of amides is 1. The highest BCUT2D eigenvalue weighted by Crippen LogP contribution is 1.89. The smallest absolute Gasteiger partial charge is 0.236 e. The Morgan fingerprint density at radius 3 is 2.38 bits per heavy atom. The maximum Gasteiger partial charge on any atom is 0.236 e. The predicted octanol–water partition coefficient (Wildman–Crippen LogP) is -1.67. The second kappa shape index (κ2) is 5.90. The second-order valence-electron chi connectivity index (χ2n) is 3.37. The summed E-state index contributed by atoms with van der Waals surface area (Å²) in [7, 11) is 5.19. The molecule has 5 heteroatoms. The van der Waals surface area contributed by atoms with Crippen molar-refractivity contribution in [2.24, 2.45) is 5.73 Å². The van der Waals surface area contributed by atoms with Gasteiger partial charge in [0, 0.05) is 27.2 Å². The number of aliphatic hydroxyl groups excluding tert-OH is 1. The monoisotopic (exact) mass is 189 g/mol. The molecule has 3 N–H and O–H groups in total. The van der Waals surface area contributed by atoms with Gasteiger partial charge in [0.15, 0.2) is 0 Å². The van der Waals surface area contributed by atoms with Crippen molar-refractivity contribution in [2.45, 2.75) is 6.10 Å². The van der Waals surface area contributed by atoms with E-state index in [4.69, 9.17) is 5.73 Å². The van der Waals surface area contributed by atoms with Crippen LogP contribution in [0.25, 0.3) is 0 Å². The molecule has 0 rings (SSSR count). The predicted molar refractivity (Wildman–Crippen MR) is 51.3 cm³/mol. The highest BCUT2D eigenvalue weighted by atomic mass is 16.3. The van der Waals surface area contributed by atoms with Crippen LogP contribution < -0.4 is 5.73 Å². The summed E-state index contributed by atoms with van der Waals surface area (Å²) in [5.74, 6) is 0.0201. The number of carbonyl (C=O) groups is 1. The molecule has 1 amide bonds. The minimum atomic E-state index is -0.556. The van der Waals surface area contributed by atoms with Gasteiger partial charge in [-0.05, 0) is 7.05 Å². The van der Waals surface area contributed by atoms with Gasteiger partial charge >= 0.3 is 0 Å². The van der Waals surface area contributed by atoms with Gasteiger partial charge in [0.05, 0.1) is 12.6 Å². The zero-order chi connectivity index (χ0) is 10.4. The van der Waals surface area contributed by atoms with Crippen molar-refractivity contribution < 1.29 is 9.90 Å². The molecular weight excluding hydrogens is 170 g/mol. The lowest BCUT2D eigenvalue weighted by molar-refractivity contribution is -0.129. The molecule has 13 heavy (non-hydrogen) atoms. The van der Waals surface area contributed by atoms with Crippen molar-refractivity contribution in [3.05, 3.63) is 0 Å². The molecule has 0 aliphatic rings. The van der Waals surface area contributed by atoms with Crippen molar-refractivity contribution in [3.8, 4) is 0 Å². The molecule has 0 saturated heterocycles. The lowest BCUT2D eigenvalue weighted by atomic mass is 10.3. The van der Waals surface area contributed by atoms with Crippen molar-refractivity contribution in [2.75, 3.05) is 40.8 Å². The Balaban J connectivity index is 3.74. The van der Waals surface area contributed by atoms with Crippen molar-refractivity contribution in [3.63, 3.8) is 0 Å². The van der Waals surface area contributed by atoms with Crippen molar-refractivity contribution in [1.29, 1.82) is 0 Å². The number of carbonyl (C=O) groups excluding carboxylic acids is 1. The molecular formula is C8H19N3O2. The summed E-state index contributed by atoms with van der Waals surface area (Å²) in [6.07, 6.45) is -0.556. The lowest BCUT2D eigenvalue weighted by Gasteiger charge is -2.20. The summed E-state index contributed by atoms with van der Waals surface area (Å²) >= 11 is 0. The van der Waals surface area contributed by atoms with E-state index in [9.17, 15) is 9.90 Å².